The van der Waals surface area contributed by atoms with Crippen molar-refractivity contribution in [1.29, 1.82) is 5.41 Å². The first-order chi connectivity index (χ1) is 9.76. The highest BCUT2D eigenvalue weighted by molar-refractivity contribution is 6.28. The molecule has 0 radical (unpaired) electrons. The molecule has 1 N–H and O–H groups in total. The fourth-order valence-corrected chi connectivity index (χ4v) is 1.84. The van der Waals surface area contributed by atoms with Crippen LogP contribution >= 0.6 is 0 Å². The standard InChI is InChI=1S/C16H15NO3/c1-19-14-9-5-6-10-15(14)20-16(13(18)11-17)12-7-3-2-4-8-12/h2-11,16-17H,1H3. The van der Waals surface area contributed by atoms with Gasteiger partial charge >= 0.3 is 0 Å². The van der Waals surface area contributed by atoms with Gasteiger partial charge < -0.3 is 14.9 Å². The lowest BCUT2D eigenvalue weighted by Crippen LogP contribution is -2.19. The molecule has 0 aromatic heterocycles. The summed E-state index contributed by atoms with van der Waals surface area (Å²) < 4.78 is 11.0. The van der Waals surface area contributed by atoms with Gasteiger partial charge in [-0.15, -0.1) is 0 Å². The first-order valence-electron chi connectivity index (χ1n) is 6.15. The number of carbonyl (C=O) groups excluding carboxylic acids is 1. The van der Waals surface area contributed by atoms with Crippen LogP contribution in [0.25, 0.3) is 0 Å². The zero-order chi connectivity index (χ0) is 14.4. The van der Waals surface area contributed by atoms with Gasteiger partial charge in [0.05, 0.1) is 13.3 Å². The Morgan fingerprint density at radius 3 is 2.25 bits per heavy atom. The van der Waals surface area contributed by atoms with E-state index in [9.17, 15) is 4.79 Å². The van der Waals surface area contributed by atoms with Crippen LogP contribution in [0.15, 0.2) is 54.6 Å². The minimum atomic E-state index is -0.843. The summed E-state index contributed by atoms with van der Waals surface area (Å²) in [5, 5.41) is 7.17. The summed E-state index contributed by atoms with van der Waals surface area (Å²) >= 11 is 0. The van der Waals surface area contributed by atoms with Gasteiger partial charge in [0.15, 0.2) is 17.6 Å². The van der Waals surface area contributed by atoms with E-state index in [1.807, 2.05) is 24.3 Å². The molecule has 20 heavy (non-hydrogen) atoms. The molecule has 0 aliphatic heterocycles. The molecule has 0 bridgehead atoms. The lowest BCUT2D eigenvalue weighted by Gasteiger charge is -2.18. The first kappa shape index (κ1) is 13.8. The lowest BCUT2D eigenvalue weighted by molar-refractivity contribution is -0.119. The van der Waals surface area contributed by atoms with Crippen molar-refractivity contribution < 1.29 is 14.3 Å². The Balaban J connectivity index is 2.34. The van der Waals surface area contributed by atoms with Gasteiger partial charge in [0.2, 0.25) is 5.78 Å². The molecule has 1 unspecified atom stereocenters. The lowest BCUT2D eigenvalue weighted by atomic mass is 10.1. The molecular formula is C16H15NO3. The second-order valence-corrected chi connectivity index (χ2v) is 4.11. The van der Waals surface area contributed by atoms with Gasteiger partial charge in [0, 0.05) is 5.56 Å². The van der Waals surface area contributed by atoms with Crippen LogP contribution in [-0.2, 0) is 4.79 Å². The van der Waals surface area contributed by atoms with Crippen LogP contribution < -0.4 is 9.47 Å². The predicted octanol–water partition coefficient (Wildman–Crippen LogP) is 3.03. The summed E-state index contributed by atoms with van der Waals surface area (Å²) in [6.07, 6.45) is -0.0717. The van der Waals surface area contributed by atoms with Crippen LogP contribution in [0.1, 0.15) is 11.7 Å². The van der Waals surface area contributed by atoms with Gasteiger partial charge in [-0.05, 0) is 12.1 Å². The normalized spacial score (nSPS) is 11.4. The van der Waals surface area contributed by atoms with Crippen molar-refractivity contribution in [2.75, 3.05) is 7.11 Å². The molecule has 4 heteroatoms. The summed E-state index contributed by atoms with van der Waals surface area (Å²) in [5.41, 5.74) is 0.701. The summed E-state index contributed by atoms with van der Waals surface area (Å²) in [6, 6.07) is 16.2. The predicted molar refractivity (Wildman–Crippen MR) is 76.6 cm³/mol. The van der Waals surface area contributed by atoms with Crippen molar-refractivity contribution in [3.8, 4) is 11.5 Å². The number of Topliss-reactive ketones (excluding diaryl/α,β-unsaturated/α-hetero) is 1. The van der Waals surface area contributed by atoms with Crippen LogP contribution in [0.2, 0.25) is 0 Å². The monoisotopic (exact) mass is 269 g/mol. The summed E-state index contributed by atoms with van der Waals surface area (Å²) in [5.74, 6) is 0.604. The Morgan fingerprint density at radius 1 is 1.05 bits per heavy atom. The minimum absolute atomic E-state index is 0.415. The molecule has 102 valence electrons. The molecule has 0 saturated heterocycles. The Labute approximate surface area is 117 Å². The molecule has 2 aromatic rings. The summed E-state index contributed by atoms with van der Waals surface area (Å²) in [4.78, 5) is 11.9. The topological polar surface area (TPSA) is 59.4 Å². The van der Waals surface area contributed by atoms with Crippen LogP contribution in [0.3, 0.4) is 0 Å². The Hall–Kier alpha value is -2.62. The maximum atomic E-state index is 11.9. The highest BCUT2D eigenvalue weighted by atomic mass is 16.5. The number of nitrogens with one attached hydrogen (secondary N) is 1. The van der Waals surface area contributed by atoms with Crippen molar-refractivity contribution >= 4 is 12.0 Å². The maximum Gasteiger partial charge on any atom is 0.218 e. The number of methoxy groups -OCH3 is 1. The Morgan fingerprint density at radius 2 is 1.65 bits per heavy atom. The number of rotatable bonds is 6. The third-order valence-corrected chi connectivity index (χ3v) is 2.82. The molecule has 2 rings (SSSR count). The van der Waals surface area contributed by atoms with E-state index in [-0.39, 0.29) is 0 Å². The molecule has 1 atom stereocenters. The third kappa shape index (κ3) is 3.03. The van der Waals surface area contributed by atoms with E-state index < -0.39 is 11.9 Å². The van der Waals surface area contributed by atoms with Crippen LogP contribution in [0.5, 0.6) is 11.5 Å². The number of hydrogen-bond donors (Lipinski definition) is 1. The van der Waals surface area contributed by atoms with Gasteiger partial charge in [-0.2, -0.15) is 0 Å². The van der Waals surface area contributed by atoms with E-state index in [0.29, 0.717) is 17.1 Å². The van der Waals surface area contributed by atoms with Gasteiger partial charge in [-0.25, -0.2) is 0 Å². The van der Waals surface area contributed by atoms with Crippen LogP contribution in [0.4, 0.5) is 0 Å². The smallest absolute Gasteiger partial charge is 0.218 e. The first-order valence-corrected chi connectivity index (χ1v) is 6.15. The summed E-state index contributed by atoms with van der Waals surface area (Å²) in [6.45, 7) is 0. The average molecular weight is 269 g/mol. The van der Waals surface area contributed by atoms with E-state index in [2.05, 4.69) is 0 Å². The number of ketones is 1. The van der Waals surface area contributed by atoms with Crippen molar-refractivity contribution in [3.05, 3.63) is 60.2 Å². The average Bonchev–Trinajstić information content (AvgIpc) is 2.53. The van der Waals surface area contributed by atoms with E-state index in [1.165, 1.54) is 7.11 Å². The number of hydrogen-bond acceptors (Lipinski definition) is 4. The molecular weight excluding hydrogens is 254 g/mol. The number of para-hydroxylation sites is 2. The molecule has 4 nitrogen and oxygen atoms in total. The van der Waals surface area contributed by atoms with Gasteiger partial charge in [0.1, 0.15) is 0 Å². The highest BCUT2D eigenvalue weighted by Gasteiger charge is 2.21. The fourth-order valence-electron chi connectivity index (χ4n) is 1.84. The zero-order valence-corrected chi connectivity index (χ0v) is 11.1. The zero-order valence-electron chi connectivity index (χ0n) is 11.1. The summed E-state index contributed by atoms with van der Waals surface area (Å²) in [7, 11) is 1.54. The minimum Gasteiger partial charge on any atom is -0.493 e. The van der Waals surface area contributed by atoms with Crippen molar-refractivity contribution in [1.82, 2.24) is 0 Å². The molecule has 0 amide bonds. The number of ether oxygens (including phenoxy) is 2. The van der Waals surface area contributed by atoms with Crippen LogP contribution in [-0.4, -0.2) is 19.1 Å². The molecule has 0 heterocycles. The second kappa shape index (κ2) is 6.52. The Bertz CT molecular complexity index is 596. The molecule has 0 spiro atoms. The number of benzene rings is 2. The van der Waals surface area contributed by atoms with Gasteiger partial charge in [-0.3, -0.25) is 4.79 Å². The van der Waals surface area contributed by atoms with Crippen LogP contribution in [0, 0.1) is 5.41 Å². The fraction of sp³-hybridized carbons (Fsp3) is 0.125. The Kier molecular flexibility index (Phi) is 4.50. The third-order valence-electron chi connectivity index (χ3n) is 2.82. The molecule has 0 saturated carbocycles. The van der Waals surface area contributed by atoms with E-state index in [0.717, 1.165) is 6.21 Å². The van der Waals surface area contributed by atoms with E-state index in [4.69, 9.17) is 14.9 Å². The molecule has 0 aliphatic rings. The van der Waals surface area contributed by atoms with Crippen molar-refractivity contribution in [2.45, 2.75) is 6.10 Å². The van der Waals surface area contributed by atoms with E-state index >= 15 is 0 Å². The van der Waals surface area contributed by atoms with Gasteiger partial charge in [0.25, 0.3) is 0 Å². The quantitative estimate of drug-likeness (QED) is 0.820. The largest absolute Gasteiger partial charge is 0.493 e. The SMILES string of the molecule is COc1ccccc1OC(C(=O)C=N)c1ccccc1. The number of carbonyl (C=O) groups is 1. The molecule has 2 aromatic carbocycles. The van der Waals surface area contributed by atoms with Crippen molar-refractivity contribution in [3.63, 3.8) is 0 Å². The molecule has 0 aliphatic carbocycles. The molecule has 0 fully saturated rings. The van der Waals surface area contributed by atoms with E-state index in [1.54, 1.807) is 30.3 Å². The highest BCUT2D eigenvalue weighted by Crippen LogP contribution is 2.30. The van der Waals surface area contributed by atoms with Gasteiger partial charge in [-0.1, -0.05) is 42.5 Å². The van der Waals surface area contributed by atoms with Crippen molar-refractivity contribution in [2.24, 2.45) is 0 Å². The maximum absolute atomic E-state index is 11.9. The second-order valence-electron chi connectivity index (χ2n) is 4.11.